The fraction of sp³-hybridized carbons (Fsp3) is 0.562. The van der Waals surface area contributed by atoms with Gasteiger partial charge < -0.3 is 15.0 Å². The van der Waals surface area contributed by atoms with E-state index in [4.69, 9.17) is 4.74 Å². The number of hydrogen-bond donors (Lipinski definition) is 1. The summed E-state index contributed by atoms with van der Waals surface area (Å²) in [5, 5.41) is 3.06. The third kappa shape index (κ3) is 2.13. The number of hydrogen-bond acceptors (Lipinski definition) is 3. The number of para-hydroxylation sites is 1. The van der Waals surface area contributed by atoms with Crippen molar-refractivity contribution in [3.05, 3.63) is 18.2 Å². The van der Waals surface area contributed by atoms with E-state index in [1.165, 1.54) is 0 Å². The Labute approximate surface area is 120 Å². The Balaban J connectivity index is 1.98. The van der Waals surface area contributed by atoms with E-state index >= 15 is 0 Å². The molecule has 1 amide bonds. The van der Waals surface area contributed by atoms with Crippen molar-refractivity contribution in [2.45, 2.75) is 39.2 Å². The predicted octanol–water partition coefficient (Wildman–Crippen LogP) is 3.03. The normalized spacial score (nSPS) is 24.7. The van der Waals surface area contributed by atoms with Gasteiger partial charge in [0.25, 0.3) is 0 Å². The van der Waals surface area contributed by atoms with Crippen molar-refractivity contribution >= 4 is 17.3 Å². The fourth-order valence-corrected chi connectivity index (χ4v) is 3.27. The number of nitrogens with zero attached hydrogens (tertiary/aromatic N) is 1. The van der Waals surface area contributed by atoms with Gasteiger partial charge in [-0.25, -0.2) is 0 Å². The zero-order valence-corrected chi connectivity index (χ0v) is 12.2. The van der Waals surface area contributed by atoms with E-state index in [1.807, 2.05) is 12.1 Å². The van der Waals surface area contributed by atoms with Gasteiger partial charge in [-0.2, -0.15) is 0 Å². The van der Waals surface area contributed by atoms with Crippen LogP contribution in [-0.4, -0.2) is 25.1 Å². The van der Waals surface area contributed by atoms with E-state index in [-0.39, 0.29) is 11.9 Å². The number of carbonyl (C=O) groups excluding carboxylic acids is 1. The summed E-state index contributed by atoms with van der Waals surface area (Å²) in [5.74, 6) is 1.30. The van der Waals surface area contributed by atoms with Crippen LogP contribution in [0.1, 0.15) is 33.1 Å². The highest BCUT2D eigenvalue weighted by atomic mass is 16.5. The lowest BCUT2D eigenvalue weighted by molar-refractivity contribution is -0.119. The molecule has 1 N–H and O–H groups in total. The SMILES string of the molecule is CCCOc1cccc2c1NC(=O)C1C(C)CCCN21. The lowest BCUT2D eigenvalue weighted by Gasteiger charge is -2.44. The van der Waals surface area contributed by atoms with E-state index < -0.39 is 0 Å². The zero-order valence-electron chi connectivity index (χ0n) is 12.2. The number of piperidine rings is 1. The van der Waals surface area contributed by atoms with Gasteiger partial charge in [-0.05, 0) is 37.3 Å². The van der Waals surface area contributed by atoms with E-state index in [0.29, 0.717) is 12.5 Å². The van der Waals surface area contributed by atoms with Crippen LogP contribution in [0.2, 0.25) is 0 Å². The van der Waals surface area contributed by atoms with Crippen LogP contribution in [0.3, 0.4) is 0 Å². The smallest absolute Gasteiger partial charge is 0.247 e. The largest absolute Gasteiger partial charge is 0.491 e. The third-order valence-corrected chi connectivity index (χ3v) is 4.23. The molecule has 0 aromatic heterocycles. The topological polar surface area (TPSA) is 41.6 Å². The van der Waals surface area contributed by atoms with Crippen LogP contribution in [0.25, 0.3) is 0 Å². The number of ether oxygens (including phenoxy) is 1. The number of benzene rings is 1. The molecule has 2 unspecified atom stereocenters. The van der Waals surface area contributed by atoms with Gasteiger partial charge in [0, 0.05) is 6.54 Å². The molecule has 1 fully saturated rings. The zero-order chi connectivity index (χ0) is 14.1. The molecule has 0 bridgehead atoms. The number of amides is 1. The minimum absolute atomic E-state index is 0.0299. The molecule has 0 spiro atoms. The lowest BCUT2D eigenvalue weighted by atomic mass is 9.88. The Morgan fingerprint density at radius 3 is 3.10 bits per heavy atom. The van der Waals surface area contributed by atoms with Gasteiger partial charge in [0.15, 0.2) is 0 Å². The van der Waals surface area contributed by atoms with Crippen molar-refractivity contribution in [3.8, 4) is 5.75 Å². The molecule has 108 valence electrons. The van der Waals surface area contributed by atoms with Gasteiger partial charge in [-0.3, -0.25) is 4.79 Å². The van der Waals surface area contributed by atoms with E-state index in [9.17, 15) is 4.79 Å². The maximum Gasteiger partial charge on any atom is 0.247 e. The number of nitrogens with one attached hydrogen (secondary N) is 1. The van der Waals surface area contributed by atoms with E-state index in [0.717, 1.165) is 42.9 Å². The first-order chi connectivity index (χ1) is 9.72. The van der Waals surface area contributed by atoms with Crippen molar-refractivity contribution in [1.29, 1.82) is 0 Å². The molecule has 4 nitrogen and oxygen atoms in total. The molecule has 1 aromatic carbocycles. The number of anilines is 2. The average Bonchev–Trinajstić information content (AvgIpc) is 2.45. The molecule has 2 atom stereocenters. The third-order valence-electron chi connectivity index (χ3n) is 4.23. The van der Waals surface area contributed by atoms with Gasteiger partial charge in [0.2, 0.25) is 5.91 Å². The Kier molecular flexibility index (Phi) is 3.55. The fourth-order valence-electron chi connectivity index (χ4n) is 3.27. The molecule has 2 aliphatic heterocycles. The minimum Gasteiger partial charge on any atom is -0.491 e. The summed E-state index contributed by atoms with van der Waals surface area (Å²) < 4.78 is 5.77. The van der Waals surface area contributed by atoms with E-state index in [2.05, 4.69) is 30.1 Å². The summed E-state index contributed by atoms with van der Waals surface area (Å²) in [6, 6.07) is 6.00. The molecule has 0 saturated carbocycles. The predicted molar refractivity (Wildman–Crippen MR) is 80.4 cm³/mol. The van der Waals surface area contributed by atoms with Crippen LogP contribution in [0.5, 0.6) is 5.75 Å². The molecular formula is C16H22N2O2. The molecule has 0 aliphatic carbocycles. The molecule has 3 rings (SSSR count). The average molecular weight is 274 g/mol. The van der Waals surface area contributed by atoms with Gasteiger partial charge in [0.1, 0.15) is 17.5 Å². The standard InChI is InChI=1S/C16H22N2O2/c1-3-10-20-13-8-4-7-12-14(13)17-16(19)15-11(2)6-5-9-18(12)15/h4,7-8,11,15H,3,5-6,9-10H2,1-2H3,(H,17,19). The molecule has 1 aromatic rings. The van der Waals surface area contributed by atoms with Crippen molar-refractivity contribution in [2.75, 3.05) is 23.4 Å². The molecule has 2 aliphatic rings. The summed E-state index contributed by atoms with van der Waals surface area (Å²) in [6.45, 7) is 5.87. The summed E-state index contributed by atoms with van der Waals surface area (Å²) in [6.07, 6.45) is 3.22. The lowest BCUT2D eigenvalue weighted by Crippen LogP contribution is -2.54. The Morgan fingerprint density at radius 1 is 1.45 bits per heavy atom. The summed E-state index contributed by atoms with van der Waals surface area (Å²) >= 11 is 0. The first-order valence-corrected chi connectivity index (χ1v) is 7.55. The highest BCUT2D eigenvalue weighted by Crippen LogP contribution is 2.42. The second kappa shape index (κ2) is 5.35. The Hall–Kier alpha value is -1.71. The van der Waals surface area contributed by atoms with Gasteiger partial charge in [-0.15, -0.1) is 0 Å². The minimum atomic E-state index is -0.0299. The van der Waals surface area contributed by atoms with E-state index in [1.54, 1.807) is 0 Å². The molecule has 20 heavy (non-hydrogen) atoms. The first kappa shape index (κ1) is 13.3. The highest BCUT2D eigenvalue weighted by molar-refractivity contribution is 6.05. The van der Waals surface area contributed by atoms with Crippen LogP contribution in [0.15, 0.2) is 18.2 Å². The van der Waals surface area contributed by atoms with Gasteiger partial charge >= 0.3 is 0 Å². The summed E-state index contributed by atoms with van der Waals surface area (Å²) in [5.41, 5.74) is 1.95. The second-order valence-corrected chi connectivity index (χ2v) is 5.75. The van der Waals surface area contributed by atoms with Crippen LogP contribution >= 0.6 is 0 Å². The Bertz CT molecular complexity index is 515. The van der Waals surface area contributed by atoms with Crippen molar-refractivity contribution < 1.29 is 9.53 Å². The molecule has 2 heterocycles. The second-order valence-electron chi connectivity index (χ2n) is 5.75. The molecule has 4 heteroatoms. The Morgan fingerprint density at radius 2 is 2.30 bits per heavy atom. The number of rotatable bonds is 3. The molecule has 1 saturated heterocycles. The highest BCUT2D eigenvalue weighted by Gasteiger charge is 2.39. The van der Waals surface area contributed by atoms with Crippen LogP contribution in [-0.2, 0) is 4.79 Å². The van der Waals surface area contributed by atoms with Gasteiger partial charge in [-0.1, -0.05) is 19.9 Å². The number of carbonyl (C=O) groups is 1. The van der Waals surface area contributed by atoms with Crippen LogP contribution in [0.4, 0.5) is 11.4 Å². The number of fused-ring (bicyclic) bond motifs is 3. The van der Waals surface area contributed by atoms with Crippen LogP contribution < -0.4 is 15.0 Å². The quantitative estimate of drug-likeness (QED) is 0.921. The van der Waals surface area contributed by atoms with Crippen molar-refractivity contribution in [3.63, 3.8) is 0 Å². The summed E-state index contributed by atoms with van der Waals surface area (Å²) in [4.78, 5) is 14.7. The molecular weight excluding hydrogens is 252 g/mol. The van der Waals surface area contributed by atoms with Crippen LogP contribution in [0, 0.1) is 5.92 Å². The maximum absolute atomic E-state index is 12.4. The summed E-state index contributed by atoms with van der Waals surface area (Å²) in [7, 11) is 0. The maximum atomic E-state index is 12.4. The van der Waals surface area contributed by atoms with Crippen molar-refractivity contribution in [2.24, 2.45) is 5.92 Å². The monoisotopic (exact) mass is 274 g/mol. The van der Waals surface area contributed by atoms with Crippen molar-refractivity contribution in [1.82, 2.24) is 0 Å². The first-order valence-electron chi connectivity index (χ1n) is 7.55. The molecule has 0 radical (unpaired) electrons. The van der Waals surface area contributed by atoms with Gasteiger partial charge in [0.05, 0.1) is 12.3 Å².